The molecule has 0 aromatic carbocycles. The molecule has 0 saturated carbocycles. The van der Waals surface area contributed by atoms with E-state index in [0.29, 0.717) is 0 Å². The second-order valence-electron chi connectivity index (χ2n) is 2.36. The van der Waals surface area contributed by atoms with Gasteiger partial charge in [-0.05, 0) is 31.3 Å². The molecule has 0 unspecified atom stereocenters. The maximum Gasteiger partial charge on any atom is 0.0752 e. The van der Waals surface area contributed by atoms with Gasteiger partial charge >= 0.3 is 0 Å². The van der Waals surface area contributed by atoms with Gasteiger partial charge in [0.25, 0.3) is 0 Å². The van der Waals surface area contributed by atoms with E-state index in [-0.39, 0.29) is 0 Å². The first-order chi connectivity index (χ1) is 4.91. The van der Waals surface area contributed by atoms with Gasteiger partial charge in [-0.15, -0.1) is 0 Å². The minimum absolute atomic E-state index is 0.749. The Hall–Kier alpha value is 0.270. The summed E-state index contributed by atoms with van der Waals surface area (Å²) in [6.45, 7) is 0.749. The molecule has 10 heavy (non-hydrogen) atoms. The zero-order valence-electron chi connectivity index (χ0n) is 6.64. The van der Waals surface area contributed by atoms with Crippen LogP contribution in [0.1, 0.15) is 25.7 Å². The van der Waals surface area contributed by atoms with Crippen LogP contribution in [-0.2, 0) is 0 Å². The van der Waals surface area contributed by atoms with E-state index >= 15 is 0 Å². The SMILES string of the molecule is CSCCCCCC[NH2+][O-]. The molecule has 0 aliphatic heterocycles. The van der Waals surface area contributed by atoms with Crippen molar-refractivity contribution in [3.8, 4) is 0 Å². The Kier molecular flexibility index (Phi) is 9.52. The lowest BCUT2D eigenvalue weighted by molar-refractivity contribution is -0.589. The summed E-state index contributed by atoms with van der Waals surface area (Å²) in [5.41, 5.74) is 1.01. The van der Waals surface area contributed by atoms with Crippen LogP contribution in [0.4, 0.5) is 0 Å². The summed E-state index contributed by atoms with van der Waals surface area (Å²) in [6, 6.07) is 0. The van der Waals surface area contributed by atoms with E-state index in [9.17, 15) is 5.21 Å². The zero-order valence-corrected chi connectivity index (χ0v) is 7.45. The molecule has 62 valence electrons. The summed E-state index contributed by atoms with van der Waals surface area (Å²) in [5.74, 6) is 1.26. The number of hydrogen-bond acceptors (Lipinski definition) is 2. The number of rotatable bonds is 7. The van der Waals surface area contributed by atoms with Crippen molar-refractivity contribution in [1.29, 1.82) is 0 Å². The predicted octanol–water partition coefficient (Wildman–Crippen LogP) is 0.971. The minimum atomic E-state index is 0.749. The van der Waals surface area contributed by atoms with Crippen molar-refractivity contribution < 1.29 is 5.48 Å². The van der Waals surface area contributed by atoms with Crippen LogP contribution in [0.2, 0.25) is 0 Å². The van der Waals surface area contributed by atoms with Gasteiger partial charge in [-0.2, -0.15) is 11.8 Å². The third-order valence-corrected chi connectivity index (χ3v) is 2.12. The maximum absolute atomic E-state index is 9.89. The Labute approximate surface area is 67.4 Å². The molecule has 0 saturated heterocycles. The molecule has 0 bridgehead atoms. The fourth-order valence-electron chi connectivity index (χ4n) is 0.828. The van der Waals surface area contributed by atoms with E-state index in [1.54, 1.807) is 0 Å². The van der Waals surface area contributed by atoms with Crippen molar-refractivity contribution in [3.05, 3.63) is 5.21 Å². The lowest BCUT2D eigenvalue weighted by atomic mass is 10.2. The van der Waals surface area contributed by atoms with Gasteiger partial charge in [-0.3, -0.25) is 0 Å². The van der Waals surface area contributed by atoms with Crippen LogP contribution in [0.15, 0.2) is 0 Å². The highest BCUT2D eigenvalue weighted by molar-refractivity contribution is 7.98. The molecule has 0 fully saturated rings. The number of hydroxylamine groups is 1. The van der Waals surface area contributed by atoms with Crippen molar-refractivity contribution in [2.45, 2.75) is 25.7 Å². The fourth-order valence-corrected chi connectivity index (χ4v) is 1.32. The Morgan fingerprint density at radius 3 is 2.50 bits per heavy atom. The molecule has 0 atom stereocenters. The predicted molar refractivity (Wildman–Crippen MR) is 47.0 cm³/mol. The van der Waals surface area contributed by atoms with E-state index in [2.05, 4.69) is 6.26 Å². The van der Waals surface area contributed by atoms with Gasteiger partial charge in [-0.25, -0.2) is 0 Å². The highest BCUT2D eigenvalue weighted by Crippen LogP contribution is 2.03. The molecule has 0 aliphatic carbocycles. The summed E-state index contributed by atoms with van der Waals surface area (Å²) in [5, 5.41) is 9.89. The monoisotopic (exact) mass is 163 g/mol. The van der Waals surface area contributed by atoms with Gasteiger partial charge in [0.15, 0.2) is 0 Å². The third-order valence-electron chi connectivity index (χ3n) is 1.42. The van der Waals surface area contributed by atoms with Crippen molar-refractivity contribution in [3.63, 3.8) is 0 Å². The fraction of sp³-hybridized carbons (Fsp3) is 1.00. The Morgan fingerprint density at radius 1 is 1.20 bits per heavy atom. The molecular formula is C7H17NOS. The molecule has 0 radical (unpaired) electrons. The second-order valence-corrected chi connectivity index (χ2v) is 3.35. The number of thioether (sulfide) groups is 1. The number of nitrogens with two attached hydrogens (primary N) is 1. The topological polar surface area (TPSA) is 39.7 Å². The first-order valence-corrected chi connectivity index (χ1v) is 5.23. The Morgan fingerprint density at radius 2 is 1.90 bits per heavy atom. The summed E-state index contributed by atoms with van der Waals surface area (Å²) in [6.07, 6.45) is 7.03. The van der Waals surface area contributed by atoms with E-state index in [4.69, 9.17) is 0 Å². The Balaban J connectivity index is 2.65. The average molecular weight is 163 g/mol. The molecule has 0 amide bonds. The van der Waals surface area contributed by atoms with Gasteiger partial charge in [0.2, 0.25) is 0 Å². The lowest BCUT2D eigenvalue weighted by Gasteiger charge is -2.00. The van der Waals surface area contributed by atoms with E-state index in [0.717, 1.165) is 18.4 Å². The van der Waals surface area contributed by atoms with Crippen molar-refractivity contribution in [2.24, 2.45) is 0 Å². The van der Waals surface area contributed by atoms with E-state index < -0.39 is 0 Å². The van der Waals surface area contributed by atoms with Crippen molar-refractivity contribution >= 4 is 11.8 Å². The first-order valence-electron chi connectivity index (χ1n) is 3.84. The highest BCUT2D eigenvalue weighted by atomic mass is 32.2. The van der Waals surface area contributed by atoms with Gasteiger partial charge in [-0.1, -0.05) is 6.42 Å². The molecule has 0 heterocycles. The zero-order chi connectivity index (χ0) is 7.66. The normalized spacial score (nSPS) is 10.2. The van der Waals surface area contributed by atoms with Gasteiger partial charge < -0.3 is 10.7 Å². The quantitative estimate of drug-likeness (QED) is 0.449. The minimum Gasteiger partial charge on any atom is -0.636 e. The largest absolute Gasteiger partial charge is 0.636 e. The van der Waals surface area contributed by atoms with Crippen LogP contribution in [0.3, 0.4) is 0 Å². The number of quaternary nitrogens is 1. The van der Waals surface area contributed by atoms with Crippen LogP contribution in [0, 0.1) is 5.21 Å². The van der Waals surface area contributed by atoms with Gasteiger partial charge in [0, 0.05) is 0 Å². The smallest absolute Gasteiger partial charge is 0.0752 e. The molecule has 3 heteroatoms. The first kappa shape index (κ1) is 10.3. The van der Waals surface area contributed by atoms with Gasteiger partial charge in [0.05, 0.1) is 6.54 Å². The second kappa shape index (κ2) is 9.27. The van der Waals surface area contributed by atoms with Crippen molar-refractivity contribution in [2.75, 3.05) is 18.6 Å². The van der Waals surface area contributed by atoms with Crippen LogP contribution in [0.25, 0.3) is 0 Å². The summed E-state index contributed by atoms with van der Waals surface area (Å²) in [7, 11) is 0. The maximum atomic E-state index is 9.89. The summed E-state index contributed by atoms with van der Waals surface area (Å²) in [4.78, 5) is 0. The molecule has 0 aromatic heterocycles. The molecule has 2 nitrogen and oxygen atoms in total. The molecule has 0 aliphatic rings. The summed E-state index contributed by atoms with van der Waals surface area (Å²) >= 11 is 1.90. The Bertz CT molecular complexity index is 53.6. The number of hydrogen-bond donors (Lipinski definition) is 1. The third kappa shape index (κ3) is 8.27. The van der Waals surface area contributed by atoms with Crippen LogP contribution < -0.4 is 5.48 Å². The molecule has 0 rings (SSSR count). The molecule has 2 N–H and O–H groups in total. The van der Waals surface area contributed by atoms with E-state index in [1.165, 1.54) is 25.0 Å². The van der Waals surface area contributed by atoms with E-state index in [1.807, 2.05) is 11.8 Å². The average Bonchev–Trinajstić information content (AvgIpc) is 1.97. The standard InChI is InChI=1S/C7H17NOS/c1-10-7-5-3-2-4-6-8-9/h2-8H2,1H3. The molecular weight excluding hydrogens is 146 g/mol. The van der Waals surface area contributed by atoms with Crippen LogP contribution in [-0.4, -0.2) is 18.6 Å². The van der Waals surface area contributed by atoms with Crippen LogP contribution in [0.5, 0.6) is 0 Å². The molecule has 0 aromatic rings. The van der Waals surface area contributed by atoms with Gasteiger partial charge in [0.1, 0.15) is 0 Å². The number of unbranched alkanes of at least 4 members (excludes halogenated alkanes) is 3. The van der Waals surface area contributed by atoms with Crippen molar-refractivity contribution in [1.82, 2.24) is 0 Å². The highest BCUT2D eigenvalue weighted by Gasteiger charge is 1.88. The van der Waals surface area contributed by atoms with Crippen LogP contribution >= 0.6 is 11.8 Å². The lowest BCUT2D eigenvalue weighted by Crippen LogP contribution is -2.77. The summed E-state index contributed by atoms with van der Waals surface area (Å²) < 4.78 is 0. The molecule has 0 spiro atoms.